The first-order valence-electron chi connectivity index (χ1n) is 9.57. The predicted molar refractivity (Wildman–Crippen MR) is 109 cm³/mol. The molecular weight excluding hydrogens is 428 g/mol. The Labute approximate surface area is 181 Å². The molecule has 0 radical (unpaired) electrons. The normalized spacial score (nSPS) is 14.1. The van der Waals surface area contributed by atoms with Crippen LogP contribution in [0.1, 0.15) is 26.5 Å². The van der Waals surface area contributed by atoms with Crippen LogP contribution in [0.4, 0.5) is 8.78 Å². The second kappa shape index (κ2) is 8.43. The average Bonchev–Trinajstić information content (AvgIpc) is 3.15. The lowest BCUT2D eigenvalue weighted by Crippen LogP contribution is -2.50. The van der Waals surface area contributed by atoms with Gasteiger partial charge in [-0.05, 0) is 49.4 Å². The van der Waals surface area contributed by atoms with Crippen LogP contribution in [0.25, 0.3) is 5.69 Å². The zero-order valence-corrected chi connectivity index (χ0v) is 17.3. The van der Waals surface area contributed by atoms with Crippen LogP contribution >= 0.6 is 11.6 Å². The zero-order chi connectivity index (χ0) is 22.1. The number of nitrogens with zero attached hydrogens (tertiary/aromatic N) is 5. The molecule has 3 aromatic rings. The summed E-state index contributed by atoms with van der Waals surface area (Å²) in [6.45, 7) is 2.96. The second-order valence-electron chi connectivity index (χ2n) is 7.12. The summed E-state index contributed by atoms with van der Waals surface area (Å²) in [4.78, 5) is 28.8. The largest absolute Gasteiger partial charge is 0.335 e. The first kappa shape index (κ1) is 20.9. The summed E-state index contributed by atoms with van der Waals surface area (Å²) in [5.74, 6) is -1.48. The molecule has 0 bridgehead atoms. The predicted octanol–water partition coefficient (Wildman–Crippen LogP) is 3.11. The summed E-state index contributed by atoms with van der Waals surface area (Å²) in [6.07, 6.45) is 0. The number of hydrogen-bond acceptors (Lipinski definition) is 4. The lowest BCUT2D eigenvalue weighted by Gasteiger charge is -2.34. The number of piperazine rings is 1. The van der Waals surface area contributed by atoms with Gasteiger partial charge in [0.2, 0.25) is 0 Å². The molecule has 0 saturated carbocycles. The number of halogens is 3. The maximum Gasteiger partial charge on any atom is 0.276 e. The minimum Gasteiger partial charge on any atom is -0.335 e. The van der Waals surface area contributed by atoms with Crippen molar-refractivity contribution in [1.29, 1.82) is 0 Å². The molecule has 160 valence electrons. The van der Waals surface area contributed by atoms with Gasteiger partial charge in [0.25, 0.3) is 11.8 Å². The third-order valence-corrected chi connectivity index (χ3v) is 5.50. The fourth-order valence-corrected chi connectivity index (χ4v) is 3.70. The Morgan fingerprint density at radius 1 is 0.903 bits per heavy atom. The van der Waals surface area contributed by atoms with Gasteiger partial charge < -0.3 is 9.80 Å². The van der Waals surface area contributed by atoms with E-state index in [0.29, 0.717) is 37.6 Å². The molecule has 1 fully saturated rings. The van der Waals surface area contributed by atoms with Crippen molar-refractivity contribution in [3.8, 4) is 5.69 Å². The summed E-state index contributed by atoms with van der Waals surface area (Å²) >= 11 is 5.99. The van der Waals surface area contributed by atoms with Crippen molar-refractivity contribution < 1.29 is 18.4 Å². The molecule has 1 aliphatic heterocycles. The lowest BCUT2D eigenvalue weighted by molar-refractivity contribution is 0.0532. The topological polar surface area (TPSA) is 71.3 Å². The fourth-order valence-electron chi connectivity index (χ4n) is 3.45. The van der Waals surface area contributed by atoms with Crippen molar-refractivity contribution in [3.63, 3.8) is 0 Å². The third-order valence-electron chi connectivity index (χ3n) is 5.18. The molecule has 0 aliphatic carbocycles. The molecule has 0 atom stereocenters. The molecule has 2 aromatic carbocycles. The van der Waals surface area contributed by atoms with Crippen molar-refractivity contribution in [2.24, 2.45) is 0 Å². The summed E-state index contributed by atoms with van der Waals surface area (Å²) in [5, 5.41) is 8.08. The van der Waals surface area contributed by atoms with E-state index in [4.69, 9.17) is 11.6 Å². The van der Waals surface area contributed by atoms with Gasteiger partial charge in [-0.25, -0.2) is 13.5 Å². The molecule has 0 spiro atoms. The van der Waals surface area contributed by atoms with Crippen LogP contribution in [0.2, 0.25) is 5.02 Å². The van der Waals surface area contributed by atoms with E-state index in [1.165, 1.54) is 28.9 Å². The van der Waals surface area contributed by atoms with Gasteiger partial charge in [0.05, 0.1) is 22.0 Å². The van der Waals surface area contributed by atoms with Gasteiger partial charge in [0.1, 0.15) is 11.6 Å². The van der Waals surface area contributed by atoms with E-state index in [1.54, 1.807) is 28.9 Å². The number of amides is 2. The molecule has 1 aromatic heterocycles. The highest BCUT2D eigenvalue weighted by Gasteiger charge is 2.29. The van der Waals surface area contributed by atoms with Crippen LogP contribution in [-0.2, 0) is 0 Å². The summed E-state index contributed by atoms with van der Waals surface area (Å²) < 4.78 is 27.9. The summed E-state index contributed by atoms with van der Waals surface area (Å²) in [7, 11) is 0. The van der Waals surface area contributed by atoms with Crippen LogP contribution in [0, 0.1) is 18.6 Å². The fraction of sp³-hybridized carbons (Fsp3) is 0.238. The molecule has 2 amide bonds. The SMILES string of the molecule is Cc1c(C(=O)N2CCN(C(=O)c3ccc(F)cc3Cl)CC2)nnn1-c1ccc(F)cc1. The maximum absolute atomic E-state index is 13.2. The first-order valence-corrected chi connectivity index (χ1v) is 9.95. The highest BCUT2D eigenvalue weighted by Crippen LogP contribution is 2.21. The number of benzene rings is 2. The maximum atomic E-state index is 13.2. The van der Waals surface area contributed by atoms with E-state index in [9.17, 15) is 18.4 Å². The van der Waals surface area contributed by atoms with E-state index in [2.05, 4.69) is 10.3 Å². The first-order chi connectivity index (χ1) is 14.8. The van der Waals surface area contributed by atoms with Gasteiger partial charge >= 0.3 is 0 Å². The quantitative estimate of drug-likeness (QED) is 0.621. The van der Waals surface area contributed by atoms with Crippen LogP contribution in [0.15, 0.2) is 42.5 Å². The summed E-state index contributed by atoms with van der Waals surface area (Å²) in [6, 6.07) is 9.36. The number of carbonyl (C=O) groups excluding carboxylic acids is 2. The Bertz CT molecular complexity index is 1140. The van der Waals surface area contributed by atoms with Crippen LogP contribution in [0.5, 0.6) is 0 Å². The molecule has 7 nitrogen and oxygen atoms in total. The number of carbonyl (C=O) groups is 2. The zero-order valence-electron chi connectivity index (χ0n) is 16.6. The molecular formula is C21H18ClF2N5O2. The number of rotatable bonds is 3. The Morgan fingerprint density at radius 2 is 1.48 bits per heavy atom. The van der Waals surface area contributed by atoms with Crippen LogP contribution in [0.3, 0.4) is 0 Å². The van der Waals surface area contributed by atoms with E-state index >= 15 is 0 Å². The Kier molecular flexibility index (Phi) is 5.69. The third kappa shape index (κ3) is 4.13. The monoisotopic (exact) mass is 445 g/mol. The molecule has 4 rings (SSSR count). The van der Waals surface area contributed by atoms with E-state index in [0.717, 1.165) is 6.07 Å². The summed E-state index contributed by atoms with van der Waals surface area (Å²) in [5.41, 5.74) is 1.55. The molecule has 0 N–H and O–H groups in total. The van der Waals surface area contributed by atoms with Crippen LogP contribution < -0.4 is 0 Å². The van der Waals surface area contributed by atoms with Crippen molar-refractivity contribution in [2.45, 2.75) is 6.92 Å². The lowest BCUT2D eigenvalue weighted by atomic mass is 10.1. The standard InChI is InChI=1S/C21H18ClF2N5O2/c1-13-19(25-26-29(13)16-5-2-14(23)3-6-16)21(31)28-10-8-27(9-11-28)20(30)17-7-4-15(24)12-18(17)22/h2-7,12H,8-11H2,1H3. The van der Waals surface area contributed by atoms with Crippen LogP contribution in [-0.4, -0.2) is 62.8 Å². The Morgan fingerprint density at radius 3 is 2.10 bits per heavy atom. The van der Waals surface area contributed by atoms with E-state index in [-0.39, 0.29) is 33.9 Å². The smallest absolute Gasteiger partial charge is 0.276 e. The van der Waals surface area contributed by atoms with E-state index in [1.807, 2.05) is 0 Å². The van der Waals surface area contributed by atoms with Gasteiger partial charge in [-0.1, -0.05) is 16.8 Å². The molecule has 0 unspecified atom stereocenters. The van der Waals surface area contributed by atoms with Gasteiger partial charge in [0, 0.05) is 26.2 Å². The number of hydrogen-bond donors (Lipinski definition) is 0. The van der Waals surface area contributed by atoms with Crippen molar-refractivity contribution in [2.75, 3.05) is 26.2 Å². The highest BCUT2D eigenvalue weighted by molar-refractivity contribution is 6.33. The van der Waals surface area contributed by atoms with Gasteiger partial charge in [-0.3, -0.25) is 9.59 Å². The minimum absolute atomic E-state index is 0.0524. The van der Waals surface area contributed by atoms with Gasteiger partial charge in [0.15, 0.2) is 5.69 Å². The molecule has 31 heavy (non-hydrogen) atoms. The molecule has 1 saturated heterocycles. The molecule has 2 heterocycles. The molecule has 1 aliphatic rings. The van der Waals surface area contributed by atoms with Crippen molar-refractivity contribution in [1.82, 2.24) is 24.8 Å². The highest BCUT2D eigenvalue weighted by atomic mass is 35.5. The average molecular weight is 446 g/mol. The second-order valence-corrected chi connectivity index (χ2v) is 7.53. The van der Waals surface area contributed by atoms with Crippen molar-refractivity contribution in [3.05, 3.63) is 76.1 Å². The van der Waals surface area contributed by atoms with Gasteiger partial charge in [-0.15, -0.1) is 5.10 Å². The minimum atomic E-state index is -0.513. The Hall–Kier alpha value is -3.33. The number of aromatic nitrogens is 3. The van der Waals surface area contributed by atoms with Gasteiger partial charge in [-0.2, -0.15) is 0 Å². The molecule has 10 heteroatoms. The Balaban J connectivity index is 1.44. The van der Waals surface area contributed by atoms with E-state index < -0.39 is 5.82 Å². The van der Waals surface area contributed by atoms with Crippen molar-refractivity contribution >= 4 is 23.4 Å².